The van der Waals surface area contributed by atoms with Crippen molar-refractivity contribution in [2.45, 2.75) is 25.8 Å². The smallest absolute Gasteiger partial charge is 0.191 e. The van der Waals surface area contributed by atoms with Gasteiger partial charge in [0.15, 0.2) is 11.1 Å². The average molecular weight is 477 g/mol. The Labute approximate surface area is 168 Å². The minimum absolute atomic E-state index is 0. The normalized spacial score (nSPS) is 14.5. The van der Waals surface area contributed by atoms with Gasteiger partial charge < -0.3 is 15.5 Å². The lowest BCUT2D eigenvalue weighted by Gasteiger charge is -2.12. The lowest BCUT2D eigenvalue weighted by molar-refractivity contribution is 0.786. The Hall–Kier alpha value is -0.870. The van der Waals surface area contributed by atoms with Gasteiger partial charge in [-0.2, -0.15) is 11.3 Å². The van der Waals surface area contributed by atoms with Crippen molar-refractivity contribution in [2.24, 2.45) is 4.99 Å². The minimum atomic E-state index is 0. The molecular formula is C16H24IN5S2. The van der Waals surface area contributed by atoms with Crippen LogP contribution in [0.25, 0.3) is 0 Å². The van der Waals surface area contributed by atoms with Crippen molar-refractivity contribution in [3.05, 3.63) is 33.5 Å². The highest BCUT2D eigenvalue weighted by atomic mass is 127. The van der Waals surface area contributed by atoms with Crippen LogP contribution in [0.2, 0.25) is 0 Å². The van der Waals surface area contributed by atoms with Crippen molar-refractivity contribution in [3.63, 3.8) is 0 Å². The lowest BCUT2D eigenvalue weighted by atomic mass is 10.3. The van der Waals surface area contributed by atoms with Crippen LogP contribution in [0.1, 0.15) is 24.1 Å². The molecule has 1 aliphatic rings. The number of halogens is 1. The van der Waals surface area contributed by atoms with Crippen molar-refractivity contribution >= 4 is 57.7 Å². The SMILES string of the molecule is CN=C(NCCc1csc(N2CCCC2)n1)NCc1ccsc1.I. The number of nitrogens with zero attached hydrogens (tertiary/aromatic N) is 3. The van der Waals surface area contributed by atoms with Crippen LogP contribution in [0.4, 0.5) is 5.13 Å². The molecule has 0 saturated carbocycles. The first kappa shape index (κ1) is 19.5. The molecule has 1 saturated heterocycles. The maximum Gasteiger partial charge on any atom is 0.191 e. The average Bonchev–Trinajstić information content (AvgIpc) is 3.32. The van der Waals surface area contributed by atoms with Gasteiger partial charge in [-0.25, -0.2) is 4.98 Å². The molecule has 1 fully saturated rings. The molecule has 2 aromatic rings. The fourth-order valence-corrected chi connectivity index (χ4v) is 4.16. The summed E-state index contributed by atoms with van der Waals surface area (Å²) in [7, 11) is 1.80. The number of hydrogen-bond donors (Lipinski definition) is 2. The predicted molar refractivity (Wildman–Crippen MR) is 115 cm³/mol. The molecule has 1 aliphatic heterocycles. The van der Waals surface area contributed by atoms with Gasteiger partial charge in [0.2, 0.25) is 0 Å². The van der Waals surface area contributed by atoms with E-state index in [0.717, 1.165) is 44.3 Å². The quantitative estimate of drug-likeness (QED) is 0.381. The first-order valence-electron chi connectivity index (χ1n) is 8.00. The second kappa shape index (κ2) is 10.2. The first-order chi connectivity index (χ1) is 11.3. The van der Waals surface area contributed by atoms with E-state index in [9.17, 15) is 0 Å². The van der Waals surface area contributed by atoms with Crippen molar-refractivity contribution in [3.8, 4) is 0 Å². The third kappa shape index (κ3) is 5.59. The fraction of sp³-hybridized carbons (Fsp3) is 0.500. The largest absolute Gasteiger partial charge is 0.356 e. The first-order valence-corrected chi connectivity index (χ1v) is 9.82. The summed E-state index contributed by atoms with van der Waals surface area (Å²) in [6.07, 6.45) is 3.51. The number of nitrogens with one attached hydrogen (secondary N) is 2. The van der Waals surface area contributed by atoms with E-state index in [-0.39, 0.29) is 24.0 Å². The highest BCUT2D eigenvalue weighted by molar-refractivity contribution is 14.0. The number of aromatic nitrogens is 1. The molecule has 0 unspecified atom stereocenters. The van der Waals surface area contributed by atoms with E-state index in [1.165, 1.54) is 23.5 Å². The number of guanidine groups is 1. The molecule has 0 radical (unpaired) electrons. The molecule has 0 amide bonds. The molecule has 2 aromatic heterocycles. The number of anilines is 1. The highest BCUT2D eigenvalue weighted by Crippen LogP contribution is 2.24. The van der Waals surface area contributed by atoms with Crippen molar-refractivity contribution in [1.82, 2.24) is 15.6 Å². The van der Waals surface area contributed by atoms with Gasteiger partial charge >= 0.3 is 0 Å². The number of aliphatic imine (C=N–C) groups is 1. The summed E-state index contributed by atoms with van der Waals surface area (Å²) in [6, 6.07) is 2.13. The number of thiazole rings is 1. The second-order valence-electron chi connectivity index (χ2n) is 5.55. The summed E-state index contributed by atoms with van der Waals surface area (Å²) in [4.78, 5) is 11.4. The van der Waals surface area contributed by atoms with Gasteiger partial charge in [-0.15, -0.1) is 35.3 Å². The highest BCUT2D eigenvalue weighted by Gasteiger charge is 2.15. The van der Waals surface area contributed by atoms with E-state index in [2.05, 4.69) is 42.7 Å². The monoisotopic (exact) mass is 477 g/mol. The van der Waals surface area contributed by atoms with Crippen LogP contribution >= 0.6 is 46.7 Å². The van der Waals surface area contributed by atoms with Gasteiger partial charge in [-0.1, -0.05) is 0 Å². The zero-order chi connectivity index (χ0) is 15.9. The molecule has 3 heterocycles. The van der Waals surface area contributed by atoms with E-state index >= 15 is 0 Å². The summed E-state index contributed by atoms with van der Waals surface area (Å²) < 4.78 is 0. The van der Waals surface area contributed by atoms with Gasteiger partial charge in [0.1, 0.15) is 0 Å². The maximum absolute atomic E-state index is 4.75. The molecule has 8 heteroatoms. The third-order valence-corrected chi connectivity index (χ3v) is 5.54. The van der Waals surface area contributed by atoms with Crippen LogP contribution in [0.3, 0.4) is 0 Å². The van der Waals surface area contributed by atoms with Gasteiger partial charge in [0.05, 0.1) is 5.69 Å². The van der Waals surface area contributed by atoms with Gasteiger partial charge in [-0.3, -0.25) is 4.99 Å². The summed E-state index contributed by atoms with van der Waals surface area (Å²) in [5, 5.41) is 14.3. The van der Waals surface area contributed by atoms with E-state index in [4.69, 9.17) is 4.98 Å². The molecule has 132 valence electrons. The molecule has 0 spiro atoms. The lowest BCUT2D eigenvalue weighted by Crippen LogP contribution is -2.37. The summed E-state index contributed by atoms with van der Waals surface area (Å²) in [5.74, 6) is 0.839. The minimum Gasteiger partial charge on any atom is -0.356 e. The Bertz CT molecular complexity index is 620. The van der Waals surface area contributed by atoms with E-state index in [1.807, 2.05) is 0 Å². The third-order valence-electron chi connectivity index (χ3n) is 3.85. The Morgan fingerprint density at radius 1 is 1.29 bits per heavy atom. The van der Waals surface area contributed by atoms with E-state index in [1.54, 1.807) is 29.7 Å². The number of rotatable bonds is 6. The molecule has 0 aromatic carbocycles. The van der Waals surface area contributed by atoms with Crippen LogP contribution in [-0.4, -0.2) is 37.6 Å². The predicted octanol–water partition coefficient (Wildman–Crippen LogP) is 3.33. The molecule has 3 rings (SSSR count). The van der Waals surface area contributed by atoms with Crippen LogP contribution < -0.4 is 15.5 Å². The molecule has 0 aliphatic carbocycles. The Kier molecular flexibility index (Phi) is 8.26. The molecule has 24 heavy (non-hydrogen) atoms. The molecule has 0 atom stereocenters. The summed E-state index contributed by atoms with van der Waals surface area (Å²) in [6.45, 7) is 3.96. The standard InChI is InChI=1S/C16H23N5S2.HI/c1-17-15(19-10-13-5-9-22-11-13)18-6-4-14-12-23-16(20-14)21-7-2-3-8-21;/h5,9,11-12H,2-4,6-8,10H2,1H3,(H2,17,18,19);1H. The fourth-order valence-electron chi connectivity index (χ4n) is 2.57. The maximum atomic E-state index is 4.75. The molecular weight excluding hydrogens is 453 g/mol. The van der Waals surface area contributed by atoms with Crippen molar-refractivity contribution in [2.75, 3.05) is 31.6 Å². The molecule has 2 N–H and O–H groups in total. The summed E-state index contributed by atoms with van der Waals surface area (Å²) in [5.41, 5.74) is 2.45. The number of hydrogen-bond acceptors (Lipinski definition) is 5. The van der Waals surface area contributed by atoms with Crippen molar-refractivity contribution in [1.29, 1.82) is 0 Å². The van der Waals surface area contributed by atoms with Crippen molar-refractivity contribution < 1.29 is 0 Å². The Balaban J connectivity index is 0.00000208. The number of thiophene rings is 1. The van der Waals surface area contributed by atoms with Gasteiger partial charge in [0, 0.05) is 45.0 Å². The van der Waals surface area contributed by atoms with Crippen LogP contribution in [0.15, 0.2) is 27.2 Å². The van der Waals surface area contributed by atoms with Gasteiger partial charge in [0.25, 0.3) is 0 Å². The zero-order valence-corrected chi connectivity index (χ0v) is 17.8. The van der Waals surface area contributed by atoms with E-state index < -0.39 is 0 Å². The van der Waals surface area contributed by atoms with E-state index in [0.29, 0.717) is 0 Å². The van der Waals surface area contributed by atoms with Crippen LogP contribution in [0.5, 0.6) is 0 Å². The zero-order valence-electron chi connectivity index (χ0n) is 13.8. The molecule has 5 nitrogen and oxygen atoms in total. The van der Waals surface area contributed by atoms with Gasteiger partial charge in [-0.05, 0) is 35.2 Å². The van der Waals surface area contributed by atoms with Crippen LogP contribution in [-0.2, 0) is 13.0 Å². The second-order valence-corrected chi connectivity index (χ2v) is 7.17. The topological polar surface area (TPSA) is 52.6 Å². The summed E-state index contributed by atoms with van der Waals surface area (Å²) >= 11 is 3.48. The Morgan fingerprint density at radius 3 is 2.83 bits per heavy atom. The Morgan fingerprint density at radius 2 is 2.12 bits per heavy atom. The van der Waals surface area contributed by atoms with Crippen LogP contribution in [0, 0.1) is 0 Å². The molecule has 0 bridgehead atoms.